The van der Waals surface area contributed by atoms with Gasteiger partial charge in [0.15, 0.2) is 0 Å². The predicted octanol–water partition coefficient (Wildman–Crippen LogP) is 4.65. The number of hydrogen-bond acceptors (Lipinski definition) is 4. The van der Waals surface area contributed by atoms with E-state index in [4.69, 9.17) is 0 Å². The van der Waals surface area contributed by atoms with E-state index in [0.29, 0.717) is 12.2 Å². The van der Waals surface area contributed by atoms with Gasteiger partial charge in [-0.25, -0.2) is 0 Å². The van der Waals surface area contributed by atoms with Crippen molar-refractivity contribution in [1.82, 2.24) is 0 Å². The molecule has 19 heavy (non-hydrogen) atoms. The molecule has 0 aliphatic heterocycles. The lowest BCUT2D eigenvalue weighted by molar-refractivity contribution is -0.384. The summed E-state index contributed by atoms with van der Waals surface area (Å²) in [6.45, 7) is 4.73. The summed E-state index contributed by atoms with van der Waals surface area (Å²) in [5.74, 6) is 0. The first-order valence-electron chi connectivity index (χ1n) is 5.71. The second-order valence-corrected chi connectivity index (χ2v) is 6.48. The van der Waals surface area contributed by atoms with E-state index < -0.39 is 0 Å². The Bertz CT molecular complexity index is 606. The Labute approximate surface area is 123 Å². The Balaban J connectivity index is 2.19. The van der Waals surface area contributed by atoms with Gasteiger partial charge < -0.3 is 5.32 Å². The largest absolute Gasteiger partial charge is 0.375 e. The van der Waals surface area contributed by atoms with E-state index in [9.17, 15) is 10.1 Å². The molecule has 0 aliphatic carbocycles. The molecule has 6 heteroatoms. The number of thiophene rings is 1. The maximum Gasteiger partial charge on any atom is 0.292 e. The third-order valence-corrected chi connectivity index (χ3v) is 4.47. The second kappa shape index (κ2) is 5.71. The van der Waals surface area contributed by atoms with Crippen molar-refractivity contribution >= 4 is 38.6 Å². The van der Waals surface area contributed by atoms with E-state index >= 15 is 0 Å². The van der Waals surface area contributed by atoms with Crippen molar-refractivity contribution in [2.24, 2.45) is 0 Å². The third kappa shape index (κ3) is 3.33. The van der Waals surface area contributed by atoms with Crippen LogP contribution < -0.4 is 5.32 Å². The number of nitrogens with zero attached hydrogens (tertiary/aromatic N) is 1. The molecular formula is C13H13BrN2O2S. The molecule has 0 fully saturated rings. The summed E-state index contributed by atoms with van der Waals surface area (Å²) in [5, 5.41) is 14.1. The highest BCUT2D eigenvalue weighted by Crippen LogP contribution is 2.29. The zero-order valence-corrected chi connectivity index (χ0v) is 13.0. The topological polar surface area (TPSA) is 55.2 Å². The summed E-state index contributed by atoms with van der Waals surface area (Å²) < 4.78 is 0.819. The van der Waals surface area contributed by atoms with Gasteiger partial charge in [-0.05, 0) is 37.6 Å². The van der Waals surface area contributed by atoms with Crippen LogP contribution in [0.15, 0.2) is 28.7 Å². The van der Waals surface area contributed by atoms with Gasteiger partial charge in [0.2, 0.25) is 0 Å². The molecule has 4 nitrogen and oxygen atoms in total. The minimum absolute atomic E-state index is 0.0909. The standard InChI is InChI=1S/C13H13BrN2O2S/c1-8-5-11(19-9(8)2)7-15-12-6-10(14)3-4-13(12)16(17)18/h3-6,15H,7H2,1-2H3. The Morgan fingerprint density at radius 1 is 1.37 bits per heavy atom. The van der Waals surface area contributed by atoms with Crippen LogP contribution in [0, 0.1) is 24.0 Å². The molecule has 0 spiro atoms. The van der Waals surface area contributed by atoms with Gasteiger partial charge in [-0.2, -0.15) is 0 Å². The quantitative estimate of drug-likeness (QED) is 0.651. The van der Waals surface area contributed by atoms with Crippen LogP contribution in [0.4, 0.5) is 11.4 Å². The molecule has 0 aliphatic rings. The minimum atomic E-state index is -0.375. The van der Waals surface area contributed by atoms with E-state index in [0.717, 1.165) is 4.47 Å². The molecule has 0 saturated heterocycles. The molecule has 1 N–H and O–H groups in total. The summed E-state index contributed by atoms with van der Waals surface area (Å²) in [7, 11) is 0. The Hall–Kier alpha value is -1.40. The van der Waals surface area contributed by atoms with Crippen molar-refractivity contribution < 1.29 is 4.92 Å². The molecular weight excluding hydrogens is 328 g/mol. The monoisotopic (exact) mass is 340 g/mol. The zero-order valence-electron chi connectivity index (χ0n) is 10.6. The van der Waals surface area contributed by atoms with Gasteiger partial charge in [0.05, 0.1) is 4.92 Å². The average Bonchev–Trinajstić information content (AvgIpc) is 2.66. The number of nitro groups is 1. The highest BCUT2D eigenvalue weighted by molar-refractivity contribution is 9.10. The van der Waals surface area contributed by atoms with E-state index in [1.54, 1.807) is 23.5 Å². The Morgan fingerprint density at radius 2 is 2.11 bits per heavy atom. The number of hydrogen-bond donors (Lipinski definition) is 1. The van der Waals surface area contributed by atoms with Crippen molar-refractivity contribution in [1.29, 1.82) is 0 Å². The predicted molar refractivity (Wildman–Crippen MR) is 81.9 cm³/mol. The fourth-order valence-corrected chi connectivity index (χ4v) is 3.08. The molecule has 1 aromatic heterocycles. The first-order valence-corrected chi connectivity index (χ1v) is 7.32. The van der Waals surface area contributed by atoms with Crippen molar-refractivity contribution in [3.8, 4) is 0 Å². The number of nitro benzene ring substituents is 1. The van der Waals surface area contributed by atoms with Crippen molar-refractivity contribution in [2.75, 3.05) is 5.32 Å². The number of halogens is 1. The smallest absolute Gasteiger partial charge is 0.292 e. The molecule has 2 rings (SSSR count). The van der Waals surface area contributed by atoms with E-state index in [2.05, 4.69) is 41.2 Å². The van der Waals surface area contributed by atoms with Crippen LogP contribution in [0.5, 0.6) is 0 Å². The molecule has 0 saturated carbocycles. The summed E-state index contributed by atoms with van der Waals surface area (Å²) in [6, 6.07) is 7.00. The molecule has 0 unspecified atom stereocenters. The van der Waals surface area contributed by atoms with Gasteiger partial charge in [-0.15, -0.1) is 11.3 Å². The highest BCUT2D eigenvalue weighted by atomic mass is 79.9. The number of benzene rings is 1. The molecule has 0 radical (unpaired) electrons. The van der Waals surface area contributed by atoms with Crippen LogP contribution in [-0.2, 0) is 6.54 Å². The lowest BCUT2D eigenvalue weighted by Gasteiger charge is -2.06. The lowest BCUT2D eigenvalue weighted by atomic mass is 10.2. The molecule has 1 aromatic carbocycles. The van der Waals surface area contributed by atoms with Gasteiger partial charge in [-0.1, -0.05) is 15.9 Å². The van der Waals surface area contributed by atoms with Crippen LogP contribution in [0.25, 0.3) is 0 Å². The first-order chi connectivity index (χ1) is 8.97. The molecule has 2 aromatic rings. The highest BCUT2D eigenvalue weighted by Gasteiger charge is 2.13. The summed E-state index contributed by atoms with van der Waals surface area (Å²) in [4.78, 5) is 13.0. The van der Waals surface area contributed by atoms with Gasteiger partial charge in [0.25, 0.3) is 5.69 Å². The van der Waals surface area contributed by atoms with E-state index in [1.165, 1.54) is 21.4 Å². The van der Waals surface area contributed by atoms with Crippen LogP contribution in [-0.4, -0.2) is 4.92 Å². The molecule has 0 bridgehead atoms. The van der Waals surface area contributed by atoms with Crippen LogP contribution >= 0.6 is 27.3 Å². The van der Waals surface area contributed by atoms with Crippen molar-refractivity contribution in [2.45, 2.75) is 20.4 Å². The Morgan fingerprint density at radius 3 is 2.68 bits per heavy atom. The van der Waals surface area contributed by atoms with Crippen LogP contribution in [0.2, 0.25) is 0 Å². The average molecular weight is 341 g/mol. The van der Waals surface area contributed by atoms with E-state index in [-0.39, 0.29) is 10.6 Å². The number of rotatable bonds is 4. The normalized spacial score (nSPS) is 10.5. The number of nitrogens with one attached hydrogen (secondary N) is 1. The fourth-order valence-electron chi connectivity index (χ4n) is 1.73. The second-order valence-electron chi connectivity index (χ2n) is 4.22. The maximum atomic E-state index is 11.0. The lowest BCUT2D eigenvalue weighted by Crippen LogP contribution is -2.01. The van der Waals surface area contributed by atoms with E-state index in [1.807, 2.05) is 0 Å². The van der Waals surface area contributed by atoms with Crippen molar-refractivity contribution in [3.05, 3.63) is 54.2 Å². The minimum Gasteiger partial charge on any atom is -0.375 e. The SMILES string of the molecule is Cc1cc(CNc2cc(Br)ccc2[N+](=O)[O-])sc1C. The zero-order chi connectivity index (χ0) is 14.0. The van der Waals surface area contributed by atoms with Gasteiger partial charge in [0.1, 0.15) is 5.69 Å². The third-order valence-electron chi connectivity index (χ3n) is 2.83. The number of aryl methyl sites for hydroxylation is 2. The summed E-state index contributed by atoms with van der Waals surface area (Å²) >= 11 is 5.04. The molecule has 0 atom stereocenters. The molecule has 0 amide bonds. The Kier molecular flexibility index (Phi) is 4.21. The first kappa shape index (κ1) is 14.0. The van der Waals surface area contributed by atoms with Gasteiger partial charge >= 0.3 is 0 Å². The summed E-state index contributed by atoms with van der Waals surface area (Å²) in [5.41, 5.74) is 1.88. The molecule has 1 heterocycles. The van der Waals surface area contributed by atoms with Gasteiger partial charge in [-0.3, -0.25) is 10.1 Å². The summed E-state index contributed by atoms with van der Waals surface area (Å²) in [6.07, 6.45) is 0. The van der Waals surface area contributed by atoms with Crippen molar-refractivity contribution in [3.63, 3.8) is 0 Å². The van der Waals surface area contributed by atoms with Crippen LogP contribution in [0.1, 0.15) is 15.3 Å². The van der Waals surface area contributed by atoms with Crippen LogP contribution in [0.3, 0.4) is 0 Å². The van der Waals surface area contributed by atoms with Gasteiger partial charge in [0, 0.05) is 26.8 Å². The number of anilines is 1. The molecule has 100 valence electrons. The fraction of sp³-hybridized carbons (Fsp3) is 0.231. The maximum absolute atomic E-state index is 11.0.